The van der Waals surface area contributed by atoms with Crippen LogP contribution in [0.5, 0.6) is 0 Å². The van der Waals surface area contributed by atoms with Gasteiger partial charge in [-0.1, -0.05) is 0 Å². The number of hydrogen-bond acceptors (Lipinski definition) is 3. The van der Waals surface area contributed by atoms with E-state index in [1.165, 1.54) is 0 Å². The molecule has 1 atom stereocenters. The molecule has 0 spiro atoms. The second-order valence-corrected chi connectivity index (χ2v) is 4.83. The Morgan fingerprint density at radius 2 is 1.85 bits per heavy atom. The second kappa shape index (κ2) is 4.02. The van der Waals surface area contributed by atoms with Gasteiger partial charge in [-0.15, -0.1) is 12.4 Å². The van der Waals surface area contributed by atoms with Gasteiger partial charge >= 0.3 is 5.51 Å². The van der Waals surface area contributed by atoms with Gasteiger partial charge in [0.15, 0.2) is 0 Å². The summed E-state index contributed by atoms with van der Waals surface area (Å²) in [4.78, 5) is 0. The molecule has 0 radical (unpaired) electrons. The lowest BCUT2D eigenvalue weighted by Crippen LogP contribution is -2.35. The molecule has 3 nitrogen and oxygen atoms in total. The van der Waals surface area contributed by atoms with Crippen LogP contribution in [0.1, 0.15) is 6.42 Å². The highest BCUT2D eigenvalue weighted by molar-refractivity contribution is 7.92. The average molecular weight is 240 g/mol. The molecular formula is C5H9ClF3NO2S. The lowest BCUT2D eigenvalue weighted by Gasteiger charge is -2.12. The maximum absolute atomic E-state index is 11.9. The van der Waals surface area contributed by atoms with Gasteiger partial charge in [0.2, 0.25) is 0 Å². The van der Waals surface area contributed by atoms with Crippen LogP contribution in [0.25, 0.3) is 0 Å². The standard InChI is InChI=1S/C5H8F3NO2S.ClH/c6-5(7,8)12(10,11)4-1-2-9-3-4;/h4,9H,1-3H2;1H. The number of halogens is 4. The quantitative estimate of drug-likeness (QED) is 0.733. The summed E-state index contributed by atoms with van der Waals surface area (Å²) in [5.74, 6) is 0. The van der Waals surface area contributed by atoms with Crippen LogP contribution in [0.15, 0.2) is 0 Å². The Balaban J connectivity index is 0.00000144. The zero-order chi connectivity index (χ0) is 9.41. The Morgan fingerprint density at radius 1 is 1.31 bits per heavy atom. The average Bonchev–Trinajstić information content (AvgIpc) is 2.34. The van der Waals surface area contributed by atoms with Crippen molar-refractivity contribution in [2.24, 2.45) is 0 Å². The Kier molecular flexibility index (Phi) is 4.01. The zero-order valence-corrected chi connectivity index (χ0v) is 8.10. The highest BCUT2D eigenvalue weighted by Crippen LogP contribution is 2.29. The Hall–Kier alpha value is -0.0100. The van der Waals surface area contributed by atoms with Crippen molar-refractivity contribution >= 4 is 22.2 Å². The predicted molar refractivity (Wildman–Crippen MR) is 43.5 cm³/mol. The summed E-state index contributed by atoms with van der Waals surface area (Å²) in [6, 6.07) is 0. The molecule has 1 N–H and O–H groups in total. The summed E-state index contributed by atoms with van der Waals surface area (Å²) in [5.41, 5.74) is -5.11. The smallest absolute Gasteiger partial charge is 0.315 e. The number of hydrogen-bond donors (Lipinski definition) is 1. The van der Waals surface area contributed by atoms with Gasteiger partial charge in [0, 0.05) is 6.54 Å². The van der Waals surface area contributed by atoms with Crippen LogP contribution in [-0.4, -0.2) is 32.3 Å². The van der Waals surface area contributed by atoms with E-state index in [9.17, 15) is 21.6 Å². The first-order chi connectivity index (χ1) is 5.36. The summed E-state index contributed by atoms with van der Waals surface area (Å²) in [7, 11) is -4.94. The molecule has 13 heavy (non-hydrogen) atoms. The van der Waals surface area contributed by atoms with Crippen LogP contribution in [-0.2, 0) is 9.84 Å². The largest absolute Gasteiger partial charge is 0.497 e. The van der Waals surface area contributed by atoms with E-state index < -0.39 is 20.6 Å². The number of sulfone groups is 1. The highest BCUT2D eigenvalue weighted by Gasteiger charge is 2.50. The van der Waals surface area contributed by atoms with Crippen molar-refractivity contribution in [2.45, 2.75) is 17.2 Å². The predicted octanol–water partition coefficient (Wildman–Crippen LogP) is 0.705. The number of alkyl halides is 3. The molecule has 1 aliphatic heterocycles. The minimum Gasteiger partial charge on any atom is -0.315 e. The molecule has 0 aromatic rings. The van der Waals surface area contributed by atoms with Crippen LogP contribution in [0.4, 0.5) is 13.2 Å². The van der Waals surface area contributed by atoms with Crippen molar-refractivity contribution in [2.75, 3.05) is 13.1 Å². The van der Waals surface area contributed by atoms with Crippen LogP contribution in [0.2, 0.25) is 0 Å². The van der Waals surface area contributed by atoms with Crippen LogP contribution in [0.3, 0.4) is 0 Å². The second-order valence-electron chi connectivity index (χ2n) is 2.61. The lowest BCUT2D eigenvalue weighted by molar-refractivity contribution is -0.0443. The minimum atomic E-state index is -5.11. The van der Waals surface area contributed by atoms with E-state index in [0.717, 1.165) is 0 Å². The molecule has 0 amide bonds. The topological polar surface area (TPSA) is 46.2 Å². The molecule has 0 saturated carbocycles. The molecule has 1 heterocycles. The van der Waals surface area contributed by atoms with Gasteiger partial charge in [0.05, 0.1) is 5.25 Å². The Bertz CT molecular complexity index is 257. The fourth-order valence-electron chi connectivity index (χ4n) is 1.08. The first kappa shape index (κ1) is 13.0. The third-order valence-electron chi connectivity index (χ3n) is 1.78. The van der Waals surface area contributed by atoms with Gasteiger partial charge in [-0.25, -0.2) is 8.42 Å². The van der Waals surface area contributed by atoms with Crippen LogP contribution in [0, 0.1) is 0 Å². The van der Waals surface area contributed by atoms with Crippen molar-refractivity contribution in [3.05, 3.63) is 0 Å². The summed E-state index contributed by atoms with van der Waals surface area (Å²) >= 11 is 0. The van der Waals surface area contributed by atoms with Gasteiger partial charge in [-0.2, -0.15) is 13.2 Å². The molecule has 0 aromatic carbocycles. The summed E-state index contributed by atoms with van der Waals surface area (Å²) < 4.78 is 57.0. The molecule has 1 saturated heterocycles. The first-order valence-electron chi connectivity index (χ1n) is 3.36. The molecule has 0 bridgehead atoms. The first-order valence-corrected chi connectivity index (χ1v) is 4.91. The molecule has 80 valence electrons. The molecule has 0 aromatic heterocycles. The van der Waals surface area contributed by atoms with Crippen LogP contribution < -0.4 is 5.32 Å². The number of nitrogens with one attached hydrogen (secondary N) is 1. The molecular weight excluding hydrogens is 231 g/mol. The van der Waals surface area contributed by atoms with Crippen molar-refractivity contribution in [3.63, 3.8) is 0 Å². The fraction of sp³-hybridized carbons (Fsp3) is 1.00. The Morgan fingerprint density at radius 3 is 2.15 bits per heavy atom. The van der Waals surface area contributed by atoms with E-state index in [1.54, 1.807) is 0 Å². The van der Waals surface area contributed by atoms with Crippen molar-refractivity contribution in [1.29, 1.82) is 0 Å². The van der Waals surface area contributed by atoms with E-state index in [0.29, 0.717) is 6.54 Å². The summed E-state index contributed by atoms with van der Waals surface area (Å²) in [6.45, 7) is 0.238. The molecule has 1 fully saturated rings. The highest BCUT2D eigenvalue weighted by atomic mass is 35.5. The third kappa shape index (κ3) is 2.47. The monoisotopic (exact) mass is 239 g/mol. The van der Waals surface area contributed by atoms with Crippen molar-refractivity contribution < 1.29 is 21.6 Å². The van der Waals surface area contributed by atoms with E-state index in [-0.39, 0.29) is 25.4 Å². The van der Waals surface area contributed by atoms with E-state index >= 15 is 0 Å². The Labute approximate surface area is 80.0 Å². The van der Waals surface area contributed by atoms with Gasteiger partial charge in [0.25, 0.3) is 9.84 Å². The summed E-state index contributed by atoms with van der Waals surface area (Å²) in [5, 5.41) is 1.28. The van der Waals surface area contributed by atoms with E-state index in [2.05, 4.69) is 5.32 Å². The van der Waals surface area contributed by atoms with E-state index in [1.807, 2.05) is 0 Å². The maximum Gasteiger partial charge on any atom is 0.497 e. The van der Waals surface area contributed by atoms with Gasteiger partial charge in [-0.05, 0) is 13.0 Å². The lowest BCUT2D eigenvalue weighted by atomic mass is 10.4. The van der Waals surface area contributed by atoms with E-state index in [4.69, 9.17) is 0 Å². The summed E-state index contributed by atoms with van der Waals surface area (Å²) in [6.07, 6.45) is 0.0435. The maximum atomic E-state index is 11.9. The molecule has 1 unspecified atom stereocenters. The molecule has 8 heteroatoms. The minimum absolute atomic E-state index is 0. The van der Waals surface area contributed by atoms with Crippen molar-refractivity contribution in [3.8, 4) is 0 Å². The van der Waals surface area contributed by atoms with Crippen molar-refractivity contribution in [1.82, 2.24) is 5.32 Å². The zero-order valence-electron chi connectivity index (χ0n) is 6.47. The normalized spacial score (nSPS) is 24.1. The molecule has 1 aliphatic rings. The molecule has 0 aliphatic carbocycles. The van der Waals surface area contributed by atoms with Gasteiger partial charge in [-0.3, -0.25) is 0 Å². The van der Waals surface area contributed by atoms with Crippen LogP contribution >= 0.6 is 12.4 Å². The number of rotatable bonds is 1. The third-order valence-corrected chi connectivity index (χ3v) is 3.70. The molecule has 1 rings (SSSR count). The SMILES string of the molecule is Cl.O=S(=O)(C1CCNC1)C(F)(F)F. The van der Waals surface area contributed by atoms with Gasteiger partial charge < -0.3 is 5.32 Å². The van der Waals surface area contributed by atoms with Gasteiger partial charge in [0.1, 0.15) is 0 Å². The fourth-order valence-corrected chi connectivity index (χ4v) is 2.23.